The highest BCUT2D eigenvalue weighted by molar-refractivity contribution is 5.91. The lowest BCUT2D eigenvalue weighted by atomic mass is 10.1. The van der Waals surface area contributed by atoms with Crippen LogP contribution < -0.4 is 14.5 Å². The zero-order chi connectivity index (χ0) is 22.8. The van der Waals surface area contributed by atoms with Gasteiger partial charge in [-0.05, 0) is 74.9 Å². The molecule has 1 aromatic heterocycles. The summed E-state index contributed by atoms with van der Waals surface area (Å²) in [5, 5.41) is 1.10. The molecule has 5 nitrogen and oxygen atoms in total. The summed E-state index contributed by atoms with van der Waals surface area (Å²) in [5.41, 5.74) is 4.56. The SMILES string of the molecule is CCOc1ccc(-c2nc(N3CCN(c4cccc(C)c4)C(C)C3)c3ccccc3n2)cc1. The standard InChI is InChI=1S/C28H30N4O/c1-4-33-24-14-12-22(13-15-24)27-29-26-11-6-5-10-25(26)28(30-27)31-16-17-32(21(3)19-31)23-9-7-8-20(2)18-23/h5-15,18,21H,4,16-17,19H2,1-3H3. The Labute approximate surface area is 195 Å². The Morgan fingerprint density at radius 2 is 1.76 bits per heavy atom. The number of ether oxygens (including phenoxy) is 1. The molecule has 0 bridgehead atoms. The summed E-state index contributed by atoms with van der Waals surface area (Å²) in [6.07, 6.45) is 0. The van der Waals surface area contributed by atoms with Gasteiger partial charge in [0.25, 0.3) is 0 Å². The van der Waals surface area contributed by atoms with Crippen molar-refractivity contribution in [3.05, 3.63) is 78.4 Å². The fraction of sp³-hybridized carbons (Fsp3) is 0.286. The third kappa shape index (κ3) is 4.36. The lowest BCUT2D eigenvalue weighted by Gasteiger charge is -2.42. The average molecular weight is 439 g/mol. The number of aromatic nitrogens is 2. The van der Waals surface area contributed by atoms with Gasteiger partial charge >= 0.3 is 0 Å². The van der Waals surface area contributed by atoms with Crippen molar-refractivity contribution in [2.24, 2.45) is 0 Å². The van der Waals surface area contributed by atoms with E-state index >= 15 is 0 Å². The van der Waals surface area contributed by atoms with Crippen molar-refractivity contribution in [3.8, 4) is 17.1 Å². The molecule has 5 heteroatoms. The second-order valence-corrected chi connectivity index (χ2v) is 8.67. The summed E-state index contributed by atoms with van der Waals surface area (Å²) in [7, 11) is 0. The summed E-state index contributed by atoms with van der Waals surface area (Å²) in [6.45, 7) is 9.89. The molecule has 1 unspecified atom stereocenters. The van der Waals surface area contributed by atoms with Gasteiger partial charge in [-0.1, -0.05) is 24.3 Å². The third-order valence-corrected chi connectivity index (χ3v) is 6.27. The van der Waals surface area contributed by atoms with Gasteiger partial charge in [-0.25, -0.2) is 9.97 Å². The van der Waals surface area contributed by atoms with Gasteiger partial charge in [-0.15, -0.1) is 0 Å². The largest absolute Gasteiger partial charge is 0.494 e. The first-order valence-electron chi connectivity index (χ1n) is 11.7. The summed E-state index contributed by atoms with van der Waals surface area (Å²) in [6, 6.07) is 25.5. The molecule has 33 heavy (non-hydrogen) atoms. The first-order chi connectivity index (χ1) is 16.1. The molecule has 2 heterocycles. The van der Waals surface area contributed by atoms with Crippen LogP contribution in [0.15, 0.2) is 72.8 Å². The van der Waals surface area contributed by atoms with Gasteiger partial charge in [-0.2, -0.15) is 0 Å². The number of fused-ring (bicyclic) bond motifs is 1. The molecule has 4 aromatic rings. The van der Waals surface area contributed by atoms with Gasteiger partial charge in [0.1, 0.15) is 11.6 Å². The maximum atomic E-state index is 5.60. The van der Waals surface area contributed by atoms with Crippen molar-refractivity contribution in [3.63, 3.8) is 0 Å². The van der Waals surface area contributed by atoms with Gasteiger partial charge in [0.05, 0.1) is 12.1 Å². The fourth-order valence-corrected chi connectivity index (χ4v) is 4.64. The minimum absolute atomic E-state index is 0.378. The smallest absolute Gasteiger partial charge is 0.162 e. The molecule has 1 aliphatic rings. The number of hydrogen-bond acceptors (Lipinski definition) is 5. The molecule has 0 saturated carbocycles. The van der Waals surface area contributed by atoms with Crippen molar-refractivity contribution in [2.45, 2.75) is 26.8 Å². The van der Waals surface area contributed by atoms with E-state index in [9.17, 15) is 0 Å². The van der Waals surface area contributed by atoms with E-state index in [1.165, 1.54) is 11.3 Å². The summed E-state index contributed by atoms with van der Waals surface area (Å²) >= 11 is 0. The Morgan fingerprint density at radius 1 is 0.939 bits per heavy atom. The minimum Gasteiger partial charge on any atom is -0.494 e. The average Bonchev–Trinajstić information content (AvgIpc) is 2.84. The molecule has 1 atom stereocenters. The van der Waals surface area contributed by atoms with Crippen LogP contribution in [0.4, 0.5) is 11.5 Å². The second kappa shape index (κ2) is 9.10. The summed E-state index contributed by atoms with van der Waals surface area (Å²) in [5.74, 6) is 2.63. The van der Waals surface area contributed by atoms with Crippen LogP contribution in [0.2, 0.25) is 0 Å². The zero-order valence-corrected chi connectivity index (χ0v) is 19.5. The van der Waals surface area contributed by atoms with Gasteiger partial charge in [0, 0.05) is 42.3 Å². The van der Waals surface area contributed by atoms with Gasteiger partial charge in [-0.3, -0.25) is 0 Å². The molecule has 0 aliphatic carbocycles. The molecular weight excluding hydrogens is 408 g/mol. The van der Waals surface area contributed by atoms with Gasteiger partial charge < -0.3 is 14.5 Å². The Kier molecular flexibility index (Phi) is 5.86. The highest BCUT2D eigenvalue weighted by Crippen LogP contribution is 2.31. The molecule has 1 fully saturated rings. The number of anilines is 2. The topological polar surface area (TPSA) is 41.5 Å². The highest BCUT2D eigenvalue weighted by Gasteiger charge is 2.26. The van der Waals surface area contributed by atoms with E-state index in [1.807, 2.05) is 37.3 Å². The van der Waals surface area contributed by atoms with Crippen LogP contribution in [0.1, 0.15) is 19.4 Å². The number of para-hydroxylation sites is 1. The Hall–Kier alpha value is -3.60. The number of aryl methyl sites for hydroxylation is 1. The van der Waals surface area contributed by atoms with Gasteiger partial charge in [0.15, 0.2) is 5.82 Å². The zero-order valence-electron chi connectivity index (χ0n) is 19.5. The van der Waals surface area contributed by atoms with Crippen LogP contribution >= 0.6 is 0 Å². The molecule has 1 saturated heterocycles. The molecule has 3 aromatic carbocycles. The van der Waals surface area contributed by atoms with E-state index in [2.05, 4.69) is 66.1 Å². The number of benzene rings is 3. The third-order valence-electron chi connectivity index (χ3n) is 6.27. The van der Waals surface area contributed by atoms with Crippen LogP contribution in [0.3, 0.4) is 0 Å². The van der Waals surface area contributed by atoms with Crippen LogP contribution in [-0.2, 0) is 0 Å². The van der Waals surface area contributed by atoms with E-state index in [0.29, 0.717) is 12.6 Å². The highest BCUT2D eigenvalue weighted by atomic mass is 16.5. The lowest BCUT2D eigenvalue weighted by Crippen LogP contribution is -2.52. The predicted octanol–water partition coefficient (Wildman–Crippen LogP) is 5.72. The van der Waals surface area contributed by atoms with Crippen LogP contribution in [0.5, 0.6) is 5.75 Å². The van der Waals surface area contributed by atoms with E-state index in [1.54, 1.807) is 0 Å². The lowest BCUT2D eigenvalue weighted by molar-refractivity contribution is 0.340. The van der Waals surface area contributed by atoms with Crippen molar-refractivity contribution in [1.82, 2.24) is 9.97 Å². The van der Waals surface area contributed by atoms with Crippen LogP contribution in [0, 0.1) is 6.92 Å². The molecule has 1 aliphatic heterocycles. The van der Waals surface area contributed by atoms with Crippen molar-refractivity contribution in [2.75, 3.05) is 36.0 Å². The number of piperazine rings is 1. The van der Waals surface area contributed by atoms with Crippen molar-refractivity contribution >= 4 is 22.4 Å². The number of rotatable bonds is 5. The number of hydrogen-bond donors (Lipinski definition) is 0. The maximum Gasteiger partial charge on any atom is 0.162 e. The quantitative estimate of drug-likeness (QED) is 0.399. The molecule has 0 spiro atoms. The minimum atomic E-state index is 0.378. The summed E-state index contributed by atoms with van der Waals surface area (Å²) < 4.78 is 5.60. The molecular formula is C28H30N4O. The van der Waals surface area contributed by atoms with Crippen molar-refractivity contribution < 1.29 is 4.74 Å². The fourth-order valence-electron chi connectivity index (χ4n) is 4.64. The van der Waals surface area contributed by atoms with E-state index in [-0.39, 0.29) is 0 Å². The molecule has 0 radical (unpaired) electrons. The monoisotopic (exact) mass is 438 g/mol. The Bertz CT molecular complexity index is 1250. The second-order valence-electron chi connectivity index (χ2n) is 8.67. The normalized spacial score (nSPS) is 16.3. The molecule has 0 N–H and O–H groups in total. The molecule has 168 valence electrons. The van der Waals surface area contributed by atoms with Crippen LogP contribution in [0.25, 0.3) is 22.3 Å². The Balaban J connectivity index is 1.47. The first-order valence-corrected chi connectivity index (χ1v) is 11.7. The van der Waals surface area contributed by atoms with Gasteiger partial charge in [0.2, 0.25) is 0 Å². The molecule has 0 amide bonds. The number of nitrogens with zero attached hydrogens (tertiary/aromatic N) is 4. The van der Waals surface area contributed by atoms with Crippen LogP contribution in [-0.4, -0.2) is 42.3 Å². The predicted molar refractivity (Wildman–Crippen MR) is 136 cm³/mol. The van der Waals surface area contributed by atoms with E-state index in [0.717, 1.165) is 53.5 Å². The maximum absolute atomic E-state index is 5.60. The first kappa shape index (κ1) is 21.3. The summed E-state index contributed by atoms with van der Waals surface area (Å²) in [4.78, 5) is 14.9. The van der Waals surface area contributed by atoms with E-state index < -0.39 is 0 Å². The Morgan fingerprint density at radius 3 is 2.52 bits per heavy atom. The van der Waals surface area contributed by atoms with Crippen molar-refractivity contribution in [1.29, 1.82) is 0 Å². The molecule has 5 rings (SSSR count). The van der Waals surface area contributed by atoms with E-state index in [4.69, 9.17) is 14.7 Å².